The van der Waals surface area contributed by atoms with Gasteiger partial charge in [0.15, 0.2) is 0 Å². The first-order valence-electron chi connectivity index (χ1n) is 14.2. The van der Waals surface area contributed by atoms with Crippen LogP contribution in [0.2, 0.25) is 0 Å². The Labute approximate surface area is 246 Å². The van der Waals surface area contributed by atoms with Crippen LogP contribution in [0, 0.1) is 6.92 Å². The third-order valence-corrected chi connectivity index (χ3v) is 7.33. The maximum Gasteiger partial charge on any atom is 0.246 e. The normalized spacial score (nSPS) is 13.5. The third-order valence-electron chi connectivity index (χ3n) is 7.33. The second-order valence-electron chi connectivity index (χ2n) is 10.4. The molecule has 9 heteroatoms. The first-order valence-corrected chi connectivity index (χ1v) is 14.2. The van der Waals surface area contributed by atoms with Gasteiger partial charge >= 0.3 is 0 Å². The maximum absolute atomic E-state index is 13.5. The van der Waals surface area contributed by atoms with Gasteiger partial charge < -0.3 is 14.4 Å². The van der Waals surface area contributed by atoms with E-state index in [9.17, 15) is 9.59 Å². The van der Waals surface area contributed by atoms with Gasteiger partial charge in [-0.25, -0.2) is 4.98 Å². The molecule has 0 bridgehead atoms. The highest BCUT2D eigenvalue weighted by atomic mass is 16.5. The molecule has 4 aromatic rings. The van der Waals surface area contributed by atoms with Gasteiger partial charge in [-0.1, -0.05) is 48.0 Å². The summed E-state index contributed by atoms with van der Waals surface area (Å²) in [5.41, 5.74) is 4.51. The van der Waals surface area contributed by atoms with Gasteiger partial charge in [0.2, 0.25) is 17.8 Å². The summed E-state index contributed by atoms with van der Waals surface area (Å²) in [4.78, 5) is 35.6. The Morgan fingerprint density at radius 1 is 0.976 bits per heavy atom. The van der Waals surface area contributed by atoms with Crippen molar-refractivity contribution in [2.24, 2.45) is 0 Å². The average Bonchev–Trinajstić information content (AvgIpc) is 3.44. The lowest BCUT2D eigenvalue weighted by molar-refractivity contribution is -0.134. The minimum absolute atomic E-state index is 0.0748. The lowest BCUT2D eigenvalue weighted by Crippen LogP contribution is -2.45. The molecule has 218 valence electrons. The lowest BCUT2D eigenvalue weighted by Gasteiger charge is -2.30. The summed E-state index contributed by atoms with van der Waals surface area (Å²) >= 11 is 0. The molecule has 0 unspecified atom stereocenters. The minimum atomic E-state index is -0.307. The number of benzene rings is 3. The molecule has 0 aliphatic carbocycles. The van der Waals surface area contributed by atoms with Gasteiger partial charge in [-0.3, -0.25) is 24.4 Å². The number of ether oxygens (including phenoxy) is 2. The lowest BCUT2D eigenvalue weighted by atomic mass is 10.1. The SMILES string of the molecule is COc1ccc(-c2cn(-c3ccc(C)cc3)c(NC(=O)CN(CCN3CCOCC3)C(=O)Cc3ccccc3)n2)cc1. The third kappa shape index (κ3) is 7.63. The molecule has 1 fully saturated rings. The molecule has 1 aliphatic rings. The van der Waals surface area contributed by atoms with Crippen molar-refractivity contribution in [3.8, 4) is 22.7 Å². The smallest absolute Gasteiger partial charge is 0.246 e. The number of aryl methyl sites for hydroxylation is 1. The molecule has 0 spiro atoms. The second-order valence-corrected chi connectivity index (χ2v) is 10.4. The standard InChI is InChI=1S/C33H37N5O4/c1-25-8-12-28(13-9-25)38-23-30(27-10-14-29(41-2)15-11-27)34-33(38)35-31(39)24-37(17-16-36-18-20-42-21-19-36)32(40)22-26-6-4-3-5-7-26/h3-15,23H,16-22,24H2,1-2H3,(H,34,35,39). The summed E-state index contributed by atoms with van der Waals surface area (Å²) in [7, 11) is 1.63. The molecular weight excluding hydrogens is 530 g/mol. The number of carbonyl (C=O) groups excluding carboxylic acids is 2. The van der Waals surface area contributed by atoms with Crippen molar-refractivity contribution in [2.75, 3.05) is 58.4 Å². The molecule has 42 heavy (non-hydrogen) atoms. The minimum Gasteiger partial charge on any atom is -0.497 e. The van der Waals surface area contributed by atoms with Crippen LogP contribution in [-0.4, -0.2) is 84.2 Å². The van der Waals surface area contributed by atoms with Crippen LogP contribution in [0.15, 0.2) is 85.1 Å². The molecule has 1 aliphatic heterocycles. The summed E-state index contributed by atoms with van der Waals surface area (Å²) < 4.78 is 12.6. The van der Waals surface area contributed by atoms with Crippen molar-refractivity contribution >= 4 is 17.8 Å². The molecular formula is C33H37N5O4. The average molecular weight is 568 g/mol. The van der Waals surface area contributed by atoms with Gasteiger partial charge in [-0.2, -0.15) is 0 Å². The van der Waals surface area contributed by atoms with E-state index in [1.165, 1.54) is 0 Å². The Balaban J connectivity index is 1.36. The summed E-state index contributed by atoms with van der Waals surface area (Å²) in [6.45, 7) is 6.06. The Hall–Kier alpha value is -4.47. The van der Waals surface area contributed by atoms with E-state index in [1.807, 2.05) is 96.6 Å². The first kappa shape index (κ1) is 29.0. The number of carbonyl (C=O) groups is 2. The number of morpholine rings is 1. The largest absolute Gasteiger partial charge is 0.497 e. The summed E-state index contributed by atoms with van der Waals surface area (Å²) in [5, 5.41) is 2.98. The number of nitrogens with one attached hydrogen (secondary N) is 1. The predicted octanol–water partition coefficient (Wildman–Crippen LogP) is 4.20. The fraction of sp³-hybridized carbons (Fsp3) is 0.303. The number of aromatic nitrogens is 2. The van der Waals surface area contributed by atoms with Gasteiger partial charge in [0.25, 0.3) is 0 Å². The Morgan fingerprint density at radius 3 is 2.38 bits per heavy atom. The fourth-order valence-electron chi connectivity index (χ4n) is 4.87. The van der Waals surface area contributed by atoms with E-state index in [2.05, 4.69) is 10.2 Å². The monoisotopic (exact) mass is 567 g/mol. The zero-order chi connectivity index (χ0) is 29.3. The van der Waals surface area contributed by atoms with Crippen molar-refractivity contribution in [1.29, 1.82) is 0 Å². The Kier molecular flexibility index (Phi) is 9.63. The number of methoxy groups -OCH3 is 1. The Morgan fingerprint density at radius 2 is 1.69 bits per heavy atom. The first-order chi connectivity index (χ1) is 20.5. The molecule has 1 saturated heterocycles. The van der Waals surface area contributed by atoms with E-state index >= 15 is 0 Å². The van der Waals surface area contributed by atoms with Gasteiger partial charge in [0.05, 0.1) is 39.0 Å². The van der Waals surface area contributed by atoms with E-state index in [1.54, 1.807) is 12.0 Å². The zero-order valence-corrected chi connectivity index (χ0v) is 24.2. The highest BCUT2D eigenvalue weighted by Gasteiger charge is 2.21. The van der Waals surface area contributed by atoms with E-state index in [4.69, 9.17) is 14.5 Å². The van der Waals surface area contributed by atoms with Crippen molar-refractivity contribution < 1.29 is 19.1 Å². The van der Waals surface area contributed by atoms with E-state index in [-0.39, 0.29) is 24.8 Å². The quantitative estimate of drug-likeness (QED) is 0.292. The van der Waals surface area contributed by atoms with Crippen LogP contribution in [0.4, 0.5) is 5.95 Å². The number of imidazole rings is 1. The van der Waals surface area contributed by atoms with Crippen LogP contribution in [0.1, 0.15) is 11.1 Å². The predicted molar refractivity (Wildman–Crippen MR) is 163 cm³/mol. The van der Waals surface area contributed by atoms with Gasteiger partial charge in [0, 0.05) is 43.6 Å². The van der Waals surface area contributed by atoms with E-state index in [0.717, 1.165) is 41.2 Å². The highest BCUT2D eigenvalue weighted by molar-refractivity contribution is 5.94. The van der Waals surface area contributed by atoms with Crippen LogP contribution < -0.4 is 10.1 Å². The van der Waals surface area contributed by atoms with Crippen molar-refractivity contribution in [1.82, 2.24) is 19.4 Å². The van der Waals surface area contributed by atoms with Crippen LogP contribution in [0.25, 0.3) is 16.9 Å². The number of anilines is 1. The maximum atomic E-state index is 13.5. The molecule has 0 saturated carbocycles. The fourth-order valence-corrected chi connectivity index (χ4v) is 4.87. The van der Waals surface area contributed by atoms with E-state index in [0.29, 0.717) is 37.9 Å². The van der Waals surface area contributed by atoms with Crippen LogP contribution >= 0.6 is 0 Å². The molecule has 2 heterocycles. The van der Waals surface area contributed by atoms with E-state index < -0.39 is 0 Å². The summed E-state index contributed by atoms with van der Waals surface area (Å²) in [6, 6.07) is 25.2. The van der Waals surface area contributed by atoms with Crippen molar-refractivity contribution in [3.63, 3.8) is 0 Å². The molecule has 1 aromatic heterocycles. The van der Waals surface area contributed by atoms with Gasteiger partial charge in [-0.05, 0) is 48.9 Å². The topological polar surface area (TPSA) is 88.9 Å². The van der Waals surface area contributed by atoms with Crippen LogP contribution in [0.5, 0.6) is 5.75 Å². The highest BCUT2D eigenvalue weighted by Crippen LogP contribution is 2.26. The number of hydrogen-bond donors (Lipinski definition) is 1. The molecule has 2 amide bonds. The number of hydrogen-bond acceptors (Lipinski definition) is 6. The van der Waals surface area contributed by atoms with Crippen LogP contribution in [0.3, 0.4) is 0 Å². The molecule has 9 nitrogen and oxygen atoms in total. The zero-order valence-electron chi connectivity index (χ0n) is 24.2. The van der Waals surface area contributed by atoms with Gasteiger partial charge in [-0.15, -0.1) is 0 Å². The molecule has 5 rings (SSSR count). The number of amides is 2. The molecule has 0 atom stereocenters. The molecule has 1 N–H and O–H groups in total. The molecule has 3 aromatic carbocycles. The molecule has 0 radical (unpaired) electrons. The number of rotatable bonds is 11. The summed E-state index contributed by atoms with van der Waals surface area (Å²) in [5.74, 6) is 0.741. The summed E-state index contributed by atoms with van der Waals surface area (Å²) in [6.07, 6.45) is 2.13. The number of nitrogens with zero attached hydrogens (tertiary/aromatic N) is 4. The van der Waals surface area contributed by atoms with Gasteiger partial charge in [0.1, 0.15) is 5.75 Å². The second kappa shape index (κ2) is 13.9. The Bertz CT molecular complexity index is 1460. The van der Waals surface area contributed by atoms with Crippen LogP contribution in [-0.2, 0) is 20.7 Å². The van der Waals surface area contributed by atoms with Crippen molar-refractivity contribution in [3.05, 3.63) is 96.2 Å². The van der Waals surface area contributed by atoms with Crippen molar-refractivity contribution in [2.45, 2.75) is 13.3 Å².